The molecule has 2 amide bonds. The van der Waals surface area contributed by atoms with Crippen molar-refractivity contribution in [2.45, 2.75) is 74.9 Å². The summed E-state index contributed by atoms with van der Waals surface area (Å²) in [4.78, 5) is 24.8. The fourth-order valence-corrected chi connectivity index (χ4v) is 5.64. The summed E-state index contributed by atoms with van der Waals surface area (Å²) in [5.74, 6) is 0.316. The number of ether oxygens (including phenoxy) is 2. The van der Waals surface area contributed by atoms with Crippen molar-refractivity contribution in [2.24, 2.45) is 0 Å². The summed E-state index contributed by atoms with van der Waals surface area (Å²) in [6, 6.07) is 25.7. The van der Waals surface area contributed by atoms with Crippen LogP contribution < -0.4 is 10.8 Å². The van der Waals surface area contributed by atoms with Crippen molar-refractivity contribution in [2.75, 3.05) is 11.1 Å². The first kappa shape index (κ1) is 30.7. The minimum atomic E-state index is -0.597. The molecule has 0 aromatic heterocycles. The Morgan fingerprint density at radius 3 is 2.27 bits per heavy atom. The van der Waals surface area contributed by atoms with Gasteiger partial charge in [0, 0.05) is 41.2 Å². The molecule has 3 aromatic carbocycles. The van der Waals surface area contributed by atoms with Gasteiger partial charge in [0.15, 0.2) is 6.29 Å². The minimum Gasteiger partial charge on any atom is -0.392 e. The number of rotatable bonds is 14. The van der Waals surface area contributed by atoms with Gasteiger partial charge < -0.3 is 19.9 Å². The molecule has 41 heavy (non-hydrogen) atoms. The van der Waals surface area contributed by atoms with Crippen molar-refractivity contribution >= 4 is 29.3 Å². The average molecular weight is 579 g/mol. The second kappa shape index (κ2) is 16.3. The molecule has 8 nitrogen and oxygen atoms in total. The van der Waals surface area contributed by atoms with Gasteiger partial charge >= 0.3 is 0 Å². The van der Waals surface area contributed by atoms with Crippen LogP contribution in [0.4, 0.5) is 5.69 Å². The normalized spacial score (nSPS) is 18.5. The van der Waals surface area contributed by atoms with Crippen LogP contribution in [0, 0.1) is 0 Å². The number of hydroxylamine groups is 1. The number of carbonyl (C=O) groups excluding carboxylic acids is 2. The monoisotopic (exact) mass is 578 g/mol. The van der Waals surface area contributed by atoms with Gasteiger partial charge in [-0.05, 0) is 48.2 Å². The molecule has 218 valence electrons. The summed E-state index contributed by atoms with van der Waals surface area (Å²) in [6.45, 7) is -0.00422. The van der Waals surface area contributed by atoms with Gasteiger partial charge in [0.25, 0.3) is 0 Å². The molecule has 0 aliphatic carbocycles. The molecule has 0 unspecified atom stereocenters. The molecule has 1 aliphatic heterocycles. The molecule has 3 atom stereocenters. The summed E-state index contributed by atoms with van der Waals surface area (Å²) < 4.78 is 12.9. The first-order valence-electron chi connectivity index (χ1n) is 14.0. The highest BCUT2D eigenvalue weighted by Crippen LogP contribution is 2.40. The van der Waals surface area contributed by atoms with Crippen LogP contribution in [0.25, 0.3) is 0 Å². The van der Waals surface area contributed by atoms with Gasteiger partial charge in [0.05, 0.1) is 18.8 Å². The molecule has 3 aromatic rings. The summed E-state index contributed by atoms with van der Waals surface area (Å²) >= 11 is 1.75. The van der Waals surface area contributed by atoms with Crippen LogP contribution in [-0.4, -0.2) is 34.0 Å². The van der Waals surface area contributed by atoms with Crippen LogP contribution >= 0.6 is 11.8 Å². The first-order valence-corrected chi connectivity index (χ1v) is 15.0. The lowest BCUT2D eigenvalue weighted by Crippen LogP contribution is -2.31. The zero-order chi connectivity index (χ0) is 28.9. The highest BCUT2D eigenvalue weighted by molar-refractivity contribution is 7.99. The van der Waals surface area contributed by atoms with Crippen LogP contribution in [0.1, 0.15) is 74.0 Å². The predicted octanol–water partition coefficient (Wildman–Crippen LogP) is 6.30. The van der Waals surface area contributed by atoms with Crippen molar-refractivity contribution in [3.8, 4) is 0 Å². The Kier molecular flexibility index (Phi) is 12.2. The SMILES string of the molecule is O=C(CCCCCCC(=O)Nc1cccc([C@H]2O[C@@H](CSc3ccccc3)C[C@@H](c3ccc(CO)cc3)O2)c1)NO. The molecule has 1 fully saturated rings. The van der Waals surface area contributed by atoms with E-state index in [4.69, 9.17) is 14.7 Å². The van der Waals surface area contributed by atoms with E-state index < -0.39 is 6.29 Å². The van der Waals surface area contributed by atoms with Crippen molar-refractivity contribution in [1.82, 2.24) is 5.48 Å². The number of thioether (sulfide) groups is 1. The van der Waals surface area contributed by atoms with Gasteiger partial charge in [0.1, 0.15) is 0 Å². The van der Waals surface area contributed by atoms with E-state index in [1.807, 2.05) is 66.7 Å². The van der Waals surface area contributed by atoms with E-state index in [1.54, 1.807) is 17.2 Å². The number of hydrogen-bond acceptors (Lipinski definition) is 7. The third kappa shape index (κ3) is 9.98. The van der Waals surface area contributed by atoms with Crippen molar-refractivity contribution < 1.29 is 29.4 Å². The van der Waals surface area contributed by atoms with Crippen molar-refractivity contribution in [3.63, 3.8) is 0 Å². The molecule has 4 N–H and O–H groups in total. The Hall–Kier alpha value is -3.21. The van der Waals surface area contributed by atoms with Gasteiger partial charge in [0.2, 0.25) is 11.8 Å². The Morgan fingerprint density at radius 1 is 0.829 bits per heavy atom. The van der Waals surface area contributed by atoms with E-state index in [-0.39, 0.29) is 37.0 Å². The number of aliphatic hydroxyl groups excluding tert-OH is 1. The Bertz CT molecular complexity index is 1240. The highest BCUT2D eigenvalue weighted by atomic mass is 32.2. The summed E-state index contributed by atoms with van der Waals surface area (Å²) in [6.07, 6.45) is 3.59. The van der Waals surface area contributed by atoms with E-state index in [9.17, 15) is 14.7 Å². The predicted molar refractivity (Wildman–Crippen MR) is 158 cm³/mol. The fraction of sp³-hybridized carbons (Fsp3) is 0.375. The third-order valence-electron chi connectivity index (χ3n) is 6.92. The van der Waals surface area contributed by atoms with E-state index in [2.05, 4.69) is 17.4 Å². The lowest BCUT2D eigenvalue weighted by molar-refractivity contribution is -0.245. The lowest BCUT2D eigenvalue weighted by Gasteiger charge is -2.36. The molecule has 9 heteroatoms. The van der Waals surface area contributed by atoms with Crippen LogP contribution in [-0.2, 0) is 25.7 Å². The molecular weight excluding hydrogens is 540 g/mol. The van der Waals surface area contributed by atoms with Gasteiger partial charge in [-0.1, -0.05) is 67.4 Å². The van der Waals surface area contributed by atoms with Gasteiger partial charge in [-0.25, -0.2) is 5.48 Å². The topological polar surface area (TPSA) is 117 Å². The first-order chi connectivity index (χ1) is 20.0. The summed E-state index contributed by atoms with van der Waals surface area (Å²) in [5.41, 5.74) is 5.03. The molecule has 0 bridgehead atoms. The molecule has 4 rings (SSSR count). The van der Waals surface area contributed by atoms with Gasteiger partial charge in [-0.15, -0.1) is 11.8 Å². The van der Waals surface area contributed by atoms with Crippen LogP contribution in [0.15, 0.2) is 83.8 Å². The van der Waals surface area contributed by atoms with Crippen molar-refractivity contribution in [3.05, 3.63) is 95.6 Å². The highest BCUT2D eigenvalue weighted by Gasteiger charge is 2.32. The minimum absolute atomic E-state index is 0.00422. The molecule has 1 heterocycles. The van der Waals surface area contributed by atoms with Crippen LogP contribution in [0.2, 0.25) is 0 Å². The molecular formula is C32H38N2O6S. The quantitative estimate of drug-likeness (QED) is 0.0767. The molecule has 0 radical (unpaired) electrons. The number of aliphatic hydroxyl groups is 1. The number of hydrogen-bond donors (Lipinski definition) is 4. The average Bonchev–Trinajstić information content (AvgIpc) is 3.02. The van der Waals surface area contributed by atoms with Crippen LogP contribution in [0.3, 0.4) is 0 Å². The van der Waals surface area contributed by atoms with Crippen LogP contribution in [0.5, 0.6) is 0 Å². The van der Waals surface area contributed by atoms with E-state index in [0.29, 0.717) is 24.9 Å². The Morgan fingerprint density at radius 2 is 1.56 bits per heavy atom. The Labute approximate surface area is 245 Å². The lowest BCUT2D eigenvalue weighted by atomic mass is 10.0. The van der Waals surface area contributed by atoms with Crippen molar-refractivity contribution in [1.29, 1.82) is 0 Å². The fourth-order valence-electron chi connectivity index (χ4n) is 4.70. The molecule has 0 saturated carbocycles. The zero-order valence-electron chi connectivity index (χ0n) is 23.0. The second-order valence-corrected chi connectivity index (χ2v) is 11.2. The number of carbonyl (C=O) groups is 2. The summed E-state index contributed by atoms with van der Waals surface area (Å²) in [5, 5.41) is 21.0. The largest absolute Gasteiger partial charge is 0.392 e. The van der Waals surface area contributed by atoms with E-state index >= 15 is 0 Å². The number of amides is 2. The van der Waals surface area contributed by atoms with Gasteiger partial charge in [-0.3, -0.25) is 14.8 Å². The summed E-state index contributed by atoms with van der Waals surface area (Å²) in [7, 11) is 0. The maximum absolute atomic E-state index is 12.6. The maximum Gasteiger partial charge on any atom is 0.243 e. The third-order valence-corrected chi connectivity index (χ3v) is 8.06. The van der Waals surface area contributed by atoms with E-state index in [1.165, 1.54) is 4.90 Å². The molecule has 1 aliphatic rings. The number of benzene rings is 3. The second-order valence-electron chi connectivity index (χ2n) is 10.1. The standard InChI is InChI=1S/C32H38N2O6S/c35-21-23-15-17-24(18-16-23)29-20-27(22-41-28-11-4-3-5-12-28)39-32(40-29)25-9-8-10-26(19-25)33-30(36)13-6-1-2-7-14-31(37)34-38/h3-5,8-12,15-19,27,29,32,35,38H,1-2,6-7,13-14,20-22H2,(H,33,36)(H,34,37)/t27-,29+,32+/m1/s1. The number of nitrogens with one attached hydrogen (secondary N) is 2. The number of anilines is 1. The molecule has 0 spiro atoms. The van der Waals surface area contributed by atoms with E-state index in [0.717, 1.165) is 41.7 Å². The molecule has 1 saturated heterocycles. The zero-order valence-corrected chi connectivity index (χ0v) is 23.9. The Balaban J connectivity index is 1.37. The van der Waals surface area contributed by atoms with Gasteiger partial charge in [-0.2, -0.15) is 0 Å². The maximum atomic E-state index is 12.6. The number of unbranched alkanes of at least 4 members (excludes halogenated alkanes) is 3. The smallest absolute Gasteiger partial charge is 0.243 e.